The molecule has 3 unspecified atom stereocenters. The summed E-state index contributed by atoms with van der Waals surface area (Å²) in [7, 11) is 0. The Labute approximate surface area is 164 Å². The zero-order chi connectivity index (χ0) is 20.1. The number of aliphatic carboxylic acids is 1. The average Bonchev–Trinajstić information content (AvgIpc) is 3.43. The van der Waals surface area contributed by atoms with Gasteiger partial charge >= 0.3 is 5.97 Å². The molecule has 3 N–H and O–H groups in total. The molecule has 0 heterocycles. The molecule has 1 fully saturated rings. The third-order valence-corrected chi connectivity index (χ3v) is 5.04. The van der Waals surface area contributed by atoms with Gasteiger partial charge in [0.05, 0.1) is 5.92 Å². The van der Waals surface area contributed by atoms with Crippen molar-refractivity contribution in [3.63, 3.8) is 0 Å². The van der Waals surface area contributed by atoms with Gasteiger partial charge in [0, 0.05) is 23.7 Å². The first-order valence-corrected chi connectivity index (χ1v) is 9.40. The van der Waals surface area contributed by atoms with Crippen LogP contribution in [0.3, 0.4) is 0 Å². The number of benzene rings is 2. The van der Waals surface area contributed by atoms with Crippen LogP contribution in [0.2, 0.25) is 0 Å². The summed E-state index contributed by atoms with van der Waals surface area (Å²) in [6.07, 6.45) is 1.26. The Hall–Kier alpha value is -3.15. The third kappa shape index (κ3) is 5.19. The second-order valence-electron chi connectivity index (χ2n) is 7.32. The standard InChI is InChI=1S/C22H24N2O4/c1-14-11-19(14)21(26)24-18-9-7-16(8-10-18)20(25)23-13-17(22(27)28)12-15-5-3-2-4-6-15/h2-10,14,17,19H,11-13H2,1H3,(H,23,25)(H,24,26)(H,27,28). The number of carbonyl (C=O) groups is 3. The fourth-order valence-corrected chi connectivity index (χ4v) is 3.09. The summed E-state index contributed by atoms with van der Waals surface area (Å²) in [5.41, 5.74) is 1.98. The van der Waals surface area contributed by atoms with E-state index in [4.69, 9.17) is 0 Å². The molecule has 146 valence electrons. The summed E-state index contributed by atoms with van der Waals surface area (Å²) in [5, 5.41) is 14.9. The molecule has 28 heavy (non-hydrogen) atoms. The SMILES string of the molecule is CC1CC1C(=O)Nc1ccc(C(=O)NCC(Cc2ccccc2)C(=O)O)cc1. The molecule has 6 nitrogen and oxygen atoms in total. The van der Waals surface area contributed by atoms with E-state index in [0.29, 0.717) is 23.6 Å². The fraction of sp³-hybridized carbons (Fsp3) is 0.318. The minimum absolute atomic E-state index is 0.00918. The first-order valence-electron chi connectivity index (χ1n) is 9.40. The predicted octanol–water partition coefficient (Wildman–Crippen LogP) is 2.95. The van der Waals surface area contributed by atoms with Crippen LogP contribution in [0.1, 0.15) is 29.3 Å². The van der Waals surface area contributed by atoms with Crippen molar-refractivity contribution in [2.75, 3.05) is 11.9 Å². The maximum Gasteiger partial charge on any atom is 0.308 e. The summed E-state index contributed by atoms with van der Waals surface area (Å²) < 4.78 is 0. The maximum absolute atomic E-state index is 12.3. The molecule has 2 aromatic carbocycles. The Balaban J connectivity index is 1.53. The zero-order valence-electron chi connectivity index (χ0n) is 15.7. The van der Waals surface area contributed by atoms with Crippen LogP contribution in [0.5, 0.6) is 0 Å². The van der Waals surface area contributed by atoms with Crippen molar-refractivity contribution in [3.8, 4) is 0 Å². The van der Waals surface area contributed by atoms with E-state index in [2.05, 4.69) is 10.6 Å². The molecule has 2 aromatic rings. The van der Waals surface area contributed by atoms with Crippen LogP contribution in [0.15, 0.2) is 54.6 Å². The molecule has 1 saturated carbocycles. The van der Waals surface area contributed by atoms with Gasteiger partial charge in [-0.15, -0.1) is 0 Å². The van der Waals surface area contributed by atoms with Crippen LogP contribution in [0, 0.1) is 17.8 Å². The van der Waals surface area contributed by atoms with Crippen molar-refractivity contribution in [2.24, 2.45) is 17.8 Å². The van der Waals surface area contributed by atoms with Crippen LogP contribution < -0.4 is 10.6 Å². The Morgan fingerprint density at radius 1 is 1.07 bits per heavy atom. The molecule has 0 bridgehead atoms. The molecule has 0 saturated heterocycles. The highest BCUT2D eigenvalue weighted by atomic mass is 16.4. The lowest BCUT2D eigenvalue weighted by atomic mass is 9.99. The van der Waals surface area contributed by atoms with Crippen molar-refractivity contribution in [1.29, 1.82) is 0 Å². The van der Waals surface area contributed by atoms with Crippen LogP contribution in [-0.4, -0.2) is 29.4 Å². The summed E-state index contributed by atoms with van der Waals surface area (Å²) in [5.74, 6) is -1.46. The molecular weight excluding hydrogens is 356 g/mol. The normalized spacial score (nSPS) is 18.8. The van der Waals surface area contributed by atoms with Gasteiger partial charge in [0.1, 0.15) is 0 Å². The maximum atomic E-state index is 12.3. The number of hydrogen-bond acceptors (Lipinski definition) is 3. The van der Waals surface area contributed by atoms with Gasteiger partial charge in [-0.05, 0) is 48.6 Å². The monoisotopic (exact) mass is 380 g/mol. The highest BCUT2D eigenvalue weighted by Crippen LogP contribution is 2.38. The van der Waals surface area contributed by atoms with Gasteiger partial charge in [-0.25, -0.2) is 0 Å². The van der Waals surface area contributed by atoms with Crippen molar-refractivity contribution >= 4 is 23.5 Å². The number of carbonyl (C=O) groups excluding carboxylic acids is 2. The topological polar surface area (TPSA) is 95.5 Å². The van der Waals surface area contributed by atoms with Gasteiger partial charge in [-0.3, -0.25) is 14.4 Å². The smallest absolute Gasteiger partial charge is 0.308 e. The molecule has 1 aliphatic carbocycles. The van der Waals surface area contributed by atoms with Crippen LogP contribution >= 0.6 is 0 Å². The van der Waals surface area contributed by atoms with Crippen LogP contribution in [0.25, 0.3) is 0 Å². The van der Waals surface area contributed by atoms with Crippen molar-refractivity contribution in [1.82, 2.24) is 5.32 Å². The number of rotatable bonds is 8. The zero-order valence-corrected chi connectivity index (χ0v) is 15.7. The van der Waals surface area contributed by atoms with E-state index in [-0.39, 0.29) is 24.3 Å². The van der Waals surface area contributed by atoms with E-state index in [1.165, 1.54) is 0 Å². The quantitative estimate of drug-likeness (QED) is 0.656. The highest BCUT2D eigenvalue weighted by molar-refractivity contribution is 5.97. The Morgan fingerprint density at radius 2 is 1.71 bits per heavy atom. The molecular formula is C22H24N2O4. The molecule has 2 amide bonds. The Bertz CT molecular complexity index is 849. The van der Waals surface area contributed by atoms with E-state index in [9.17, 15) is 19.5 Å². The van der Waals surface area contributed by atoms with Gasteiger partial charge in [-0.2, -0.15) is 0 Å². The lowest BCUT2D eigenvalue weighted by molar-refractivity contribution is -0.141. The number of nitrogens with one attached hydrogen (secondary N) is 2. The summed E-state index contributed by atoms with van der Waals surface area (Å²) >= 11 is 0. The van der Waals surface area contributed by atoms with Crippen LogP contribution in [-0.2, 0) is 16.0 Å². The molecule has 0 aliphatic heterocycles. The van der Waals surface area contributed by atoms with E-state index in [0.717, 1.165) is 12.0 Å². The lowest BCUT2D eigenvalue weighted by Crippen LogP contribution is -2.34. The minimum Gasteiger partial charge on any atom is -0.481 e. The average molecular weight is 380 g/mol. The Kier molecular flexibility index (Phi) is 6.09. The molecule has 3 rings (SSSR count). The van der Waals surface area contributed by atoms with Gasteiger partial charge in [-0.1, -0.05) is 37.3 Å². The summed E-state index contributed by atoms with van der Waals surface area (Å²) in [6, 6.07) is 15.9. The van der Waals surface area contributed by atoms with Crippen LogP contribution in [0.4, 0.5) is 5.69 Å². The third-order valence-electron chi connectivity index (χ3n) is 5.04. The lowest BCUT2D eigenvalue weighted by Gasteiger charge is -2.14. The van der Waals surface area contributed by atoms with Gasteiger partial charge in [0.2, 0.25) is 5.91 Å². The number of carboxylic acid groups (broad SMARTS) is 1. The van der Waals surface area contributed by atoms with Crippen molar-refractivity contribution in [2.45, 2.75) is 19.8 Å². The van der Waals surface area contributed by atoms with E-state index in [1.54, 1.807) is 24.3 Å². The van der Waals surface area contributed by atoms with E-state index >= 15 is 0 Å². The molecule has 3 atom stereocenters. The number of amides is 2. The van der Waals surface area contributed by atoms with Gasteiger partial charge < -0.3 is 15.7 Å². The van der Waals surface area contributed by atoms with E-state index in [1.807, 2.05) is 37.3 Å². The number of anilines is 1. The van der Waals surface area contributed by atoms with Gasteiger partial charge in [0.25, 0.3) is 5.91 Å². The number of carboxylic acids is 1. The summed E-state index contributed by atoms with van der Waals surface area (Å²) in [6.45, 7) is 2.08. The van der Waals surface area contributed by atoms with Crippen molar-refractivity contribution < 1.29 is 19.5 Å². The molecule has 6 heteroatoms. The minimum atomic E-state index is -0.948. The first kappa shape index (κ1) is 19.6. The molecule has 0 aromatic heterocycles. The number of hydrogen-bond donors (Lipinski definition) is 3. The Morgan fingerprint density at radius 3 is 2.29 bits per heavy atom. The van der Waals surface area contributed by atoms with Gasteiger partial charge in [0.15, 0.2) is 0 Å². The van der Waals surface area contributed by atoms with E-state index < -0.39 is 11.9 Å². The summed E-state index contributed by atoms with van der Waals surface area (Å²) in [4.78, 5) is 35.8. The predicted molar refractivity (Wildman–Crippen MR) is 106 cm³/mol. The second-order valence-corrected chi connectivity index (χ2v) is 7.32. The fourth-order valence-electron chi connectivity index (χ4n) is 3.09. The first-order chi connectivity index (χ1) is 13.4. The molecule has 1 aliphatic rings. The van der Waals surface area contributed by atoms with Crippen molar-refractivity contribution in [3.05, 3.63) is 65.7 Å². The molecule has 0 radical (unpaired) electrons. The second kappa shape index (κ2) is 8.69. The molecule has 0 spiro atoms. The highest BCUT2D eigenvalue weighted by Gasteiger charge is 2.39. The largest absolute Gasteiger partial charge is 0.481 e.